The van der Waals surface area contributed by atoms with Gasteiger partial charge in [0.25, 0.3) is 0 Å². The number of likely N-dealkylation sites (tertiary alicyclic amines) is 1. The third-order valence-electron chi connectivity index (χ3n) is 3.17. The van der Waals surface area contributed by atoms with Crippen LogP contribution in [0.25, 0.3) is 0 Å². The largest absolute Gasteiger partial charge is 0.396 e. The number of amides is 1. The zero-order valence-electron chi connectivity index (χ0n) is 10.2. The first kappa shape index (κ1) is 13.5. The van der Waals surface area contributed by atoms with E-state index >= 15 is 0 Å². The van der Waals surface area contributed by atoms with Crippen molar-refractivity contribution in [1.82, 2.24) is 4.90 Å². The molecule has 0 atom stereocenters. The van der Waals surface area contributed by atoms with Crippen molar-refractivity contribution in [3.63, 3.8) is 0 Å². The van der Waals surface area contributed by atoms with Crippen LogP contribution in [-0.2, 0) is 9.53 Å². The summed E-state index contributed by atoms with van der Waals surface area (Å²) in [6.45, 7) is 2.73. The maximum absolute atomic E-state index is 11.8. The van der Waals surface area contributed by atoms with E-state index in [0.717, 1.165) is 45.4 Å². The molecule has 0 bridgehead atoms. The van der Waals surface area contributed by atoms with Crippen molar-refractivity contribution in [2.24, 2.45) is 5.92 Å². The van der Waals surface area contributed by atoms with Gasteiger partial charge in [-0.15, -0.1) is 0 Å². The Morgan fingerprint density at radius 1 is 1.38 bits per heavy atom. The zero-order chi connectivity index (χ0) is 11.8. The monoisotopic (exact) mass is 229 g/mol. The molecule has 0 spiro atoms. The summed E-state index contributed by atoms with van der Waals surface area (Å²) in [5.41, 5.74) is 0. The minimum absolute atomic E-state index is 0.184. The molecule has 4 nitrogen and oxygen atoms in total. The first-order chi connectivity index (χ1) is 7.77. The summed E-state index contributed by atoms with van der Waals surface area (Å²) < 4.78 is 5.13. The Morgan fingerprint density at radius 2 is 2.06 bits per heavy atom. The average Bonchev–Trinajstić information content (AvgIpc) is 2.30. The van der Waals surface area contributed by atoms with E-state index in [2.05, 4.69) is 0 Å². The summed E-state index contributed by atoms with van der Waals surface area (Å²) in [6.07, 6.45) is 4.22. The summed E-state index contributed by atoms with van der Waals surface area (Å²) in [5.74, 6) is 0.857. The van der Waals surface area contributed by atoms with Crippen LogP contribution in [0.2, 0.25) is 0 Å². The fraction of sp³-hybridized carbons (Fsp3) is 0.917. The molecule has 0 aromatic carbocycles. The van der Waals surface area contributed by atoms with Gasteiger partial charge in [0.2, 0.25) is 5.91 Å². The fourth-order valence-electron chi connectivity index (χ4n) is 2.13. The average molecular weight is 229 g/mol. The Kier molecular flexibility index (Phi) is 6.42. The van der Waals surface area contributed by atoms with Gasteiger partial charge in [0.05, 0.1) is 0 Å². The van der Waals surface area contributed by atoms with Gasteiger partial charge < -0.3 is 14.7 Å². The number of methoxy groups -OCH3 is 1. The molecule has 1 N–H and O–H groups in total. The van der Waals surface area contributed by atoms with Crippen LogP contribution in [0.1, 0.15) is 32.1 Å². The van der Waals surface area contributed by atoms with E-state index in [1.165, 1.54) is 0 Å². The normalized spacial score (nSPS) is 17.8. The summed E-state index contributed by atoms with van der Waals surface area (Å²) >= 11 is 0. The van der Waals surface area contributed by atoms with Crippen LogP contribution in [-0.4, -0.2) is 49.3 Å². The van der Waals surface area contributed by atoms with Crippen LogP contribution in [0.4, 0.5) is 0 Å². The van der Waals surface area contributed by atoms with Crippen molar-refractivity contribution in [2.75, 3.05) is 33.4 Å². The highest BCUT2D eigenvalue weighted by Gasteiger charge is 2.21. The van der Waals surface area contributed by atoms with E-state index in [9.17, 15) is 4.79 Å². The first-order valence-electron chi connectivity index (χ1n) is 6.15. The molecule has 1 amide bonds. The minimum atomic E-state index is 0.184. The third-order valence-corrected chi connectivity index (χ3v) is 3.17. The van der Waals surface area contributed by atoms with Crippen LogP contribution >= 0.6 is 0 Å². The molecule has 0 saturated carbocycles. The highest BCUT2D eigenvalue weighted by atomic mass is 16.5. The van der Waals surface area contributed by atoms with Crippen molar-refractivity contribution in [3.05, 3.63) is 0 Å². The molecule has 1 saturated heterocycles. The number of hydrogen-bond acceptors (Lipinski definition) is 3. The molecular weight excluding hydrogens is 206 g/mol. The first-order valence-corrected chi connectivity index (χ1v) is 6.15. The maximum atomic E-state index is 11.8. The van der Waals surface area contributed by atoms with Gasteiger partial charge in [0.1, 0.15) is 0 Å². The lowest BCUT2D eigenvalue weighted by atomic mass is 9.97. The number of hydrogen-bond donors (Lipinski definition) is 1. The second-order valence-electron chi connectivity index (χ2n) is 4.46. The molecule has 16 heavy (non-hydrogen) atoms. The molecule has 1 heterocycles. The van der Waals surface area contributed by atoms with Crippen LogP contribution < -0.4 is 0 Å². The van der Waals surface area contributed by atoms with Crippen molar-refractivity contribution >= 4 is 5.91 Å². The van der Waals surface area contributed by atoms with Crippen LogP contribution in [0, 0.1) is 5.92 Å². The number of aliphatic hydroxyl groups excluding tert-OH is 1. The lowest BCUT2D eigenvalue weighted by Gasteiger charge is -2.31. The highest BCUT2D eigenvalue weighted by molar-refractivity contribution is 5.76. The number of nitrogens with zero attached hydrogens (tertiary/aromatic N) is 1. The Morgan fingerprint density at radius 3 is 2.62 bits per heavy atom. The van der Waals surface area contributed by atoms with E-state index in [4.69, 9.17) is 9.84 Å². The Labute approximate surface area is 97.6 Å². The second kappa shape index (κ2) is 7.63. The van der Waals surface area contributed by atoms with Crippen LogP contribution in [0.5, 0.6) is 0 Å². The highest BCUT2D eigenvalue weighted by Crippen LogP contribution is 2.18. The molecule has 1 aliphatic heterocycles. The number of aliphatic hydroxyl groups is 1. The second-order valence-corrected chi connectivity index (χ2v) is 4.46. The summed E-state index contributed by atoms with van der Waals surface area (Å²) in [4.78, 5) is 13.7. The molecule has 0 radical (unpaired) electrons. The van der Waals surface area contributed by atoms with E-state index in [1.807, 2.05) is 4.90 Å². The van der Waals surface area contributed by atoms with Gasteiger partial charge >= 0.3 is 0 Å². The number of piperidine rings is 1. The molecule has 0 aliphatic carbocycles. The van der Waals surface area contributed by atoms with E-state index in [0.29, 0.717) is 12.3 Å². The van der Waals surface area contributed by atoms with Crippen molar-refractivity contribution in [1.29, 1.82) is 0 Å². The number of rotatable bonds is 6. The predicted molar refractivity (Wildman–Crippen MR) is 62.1 cm³/mol. The van der Waals surface area contributed by atoms with E-state index in [-0.39, 0.29) is 12.5 Å². The number of carbonyl (C=O) groups is 1. The summed E-state index contributed by atoms with van der Waals surface area (Å²) in [5, 5.41) is 8.64. The molecule has 1 rings (SSSR count). The Balaban J connectivity index is 2.17. The third kappa shape index (κ3) is 4.49. The Bertz CT molecular complexity index is 200. The lowest BCUT2D eigenvalue weighted by Crippen LogP contribution is -2.39. The predicted octanol–water partition coefficient (Wildman–Crippen LogP) is 1.03. The summed E-state index contributed by atoms with van der Waals surface area (Å²) in [6, 6.07) is 0. The topological polar surface area (TPSA) is 49.8 Å². The fourth-order valence-corrected chi connectivity index (χ4v) is 2.13. The minimum Gasteiger partial charge on any atom is -0.396 e. The van der Waals surface area contributed by atoms with Gasteiger partial charge in [-0.25, -0.2) is 0 Å². The van der Waals surface area contributed by atoms with Crippen LogP contribution in [0.15, 0.2) is 0 Å². The SMILES string of the molecule is COCC1CCN(C(=O)CCCCO)CC1. The molecular formula is C12H23NO3. The number of carbonyl (C=O) groups excluding carboxylic acids is 1. The quantitative estimate of drug-likeness (QED) is 0.692. The van der Waals surface area contributed by atoms with Gasteiger partial charge in [-0.2, -0.15) is 0 Å². The van der Waals surface area contributed by atoms with Gasteiger partial charge in [-0.3, -0.25) is 4.79 Å². The van der Waals surface area contributed by atoms with Crippen molar-refractivity contribution in [2.45, 2.75) is 32.1 Å². The van der Waals surface area contributed by atoms with E-state index in [1.54, 1.807) is 7.11 Å². The van der Waals surface area contributed by atoms with Crippen LogP contribution in [0.3, 0.4) is 0 Å². The maximum Gasteiger partial charge on any atom is 0.222 e. The molecule has 0 unspecified atom stereocenters. The number of unbranched alkanes of at least 4 members (excludes halogenated alkanes) is 1. The molecule has 0 aromatic heterocycles. The molecule has 4 heteroatoms. The standard InChI is InChI=1S/C12H23NO3/c1-16-10-11-5-7-13(8-6-11)12(15)4-2-3-9-14/h11,14H,2-10H2,1H3. The molecule has 1 aliphatic rings. The van der Waals surface area contributed by atoms with Gasteiger partial charge in [-0.1, -0.05) is 0 Å². The molecule has 0 aromatic rings. The van der Waals surface area contributed by atoms with Gasteiger partial charge in [0, 0.05) is 39.8 Å². The van der Waals surface area contributed by atoms with Gasteiger partial charge in [-0.05, 0) is 31.6 Å². The molecule has 1 fully saturated rings. The van der Waals surface area contributed by atoms with E-state index < -0.39 is 0 Å². The summed E-state index contributed by atoms with van der Waals surface area (Å²) in [7, 11) is 1.73. The molecule has 94 valence electrons. The Hall–Kier alpha value is -0.610. The number of ether oxygens (including phenoxy) is 1. The van der Waals surface area contributed by atoms with Gasteiger partial charge in [0.15, 0.2) is 0 Å². The zero-order valence-corrected chi connectivity index (χ0v) is 10.2. The smallest absolute Gasteiger partial charge is 0.222 e. The lowest BCUT2D eigenvalue weighted by molar-refractivity contribution is -0.133. The van der Waals surface area contributed by atoms with Crippen molar-refractivity contribution in [3.8, 4) is 0 Å². The van der Waals surface area contributed by atoms with Crippen molar-refractivity contribution < 1.29 is 14.6 Å².